The molecule has 1 aromatic rings. The van der Waals surface area contributed by atoms with Crippen LogP contribution in [0.3, 0.4) is 0 Å². The third kappa shape index (κ3) is 2.16. The van der Waals surface area contributed by atoms with E-state index in [1.54, 1.807) is 4.68 Å². The normalized spacial score (nSPS) is 10.1. The van der Waals surface area contributed by atoms with Crippen molar-refractivity contribution >= 4 is 21.9 Å². The fraction of sp³-hybridized carbons (Fsp3) is 0.600. The first kappa shape index (κ1) is 8.48. The van der Waals surface area contributed by atoms with Gasteiger partial charge in [0, 0.05) is 20.1 Å². The third-order valence-electron chi connectivity index (χ3n) is 1.16. The maximum Gasteiger partial charge on any atom is 0.221 e. The molecule has 0 unspecified atom stereocenters. The first-order chi connectivity index (χ1) is 5.24. The van der Waals surface area contributed by atoms with E-state index in [0.717, 1.165) is 5.95 Å². The van der Waals surface area contributed by atoms with E-state index in [1.807, 2.05) is 7.05 Å². The van der Waals surface area contributed by atoms with Gasteiger partial charge < -0.3 is 11.1 Å². The number of nitrogens with one attached hydrogen (secondary N) is 1. The Bertz CT molecular complexity index is 233. The van der Waals surface area contributed by atoms with Crippen LogP contribution in [0, 0.1) is 0 Å². The average molecular weight is 220 g/mol. The van der Waals surface area contributed by atoms with Crippen LogP contribution in [0.2, 0.25) is 0 Å². The summed E-state index contributed by atoms with van der Waals surface area (Å²) < 4.78 is 2.24. The molecule has 1 rings (SSSR count). The first-order valence-electron chi connectivity index (χ1n) is 3.24. The van der Waals surface area contributed by atoms with E-state index in [9.17, 15) is 0 Å². The highest BCUT2D eigenvalue weighted by Crippen LogP contribution is 2.06. The van der Waals surface area contributed by atoms with E-state index in [-0.39, 0.29) is 0 Å². The van der Waals surface area contributed by atoms with Crippen LogP contribution in [-0.2, 0) is 7.05 Å². The Morgan fingerprint density at radius 2 is 2.45 bits per heavy atom. The quantitative estimate of drug-likeness (QED) is 0.749. The molecule has 0 aliphatic carbocycles. The van der Waals surface area contributed by atoms with E-state index in [1.165, 1.54) is 0 Å². The molecule has 0 spiro atoms. The topological polar surface area (TPSA) is 68.8 Å². The highest BCUT2D eigenvalue weighted by atomic mass is 79.9. The second-order valence-electron chi connectivity index (χ2n) is 2.04. The van der Waals surface area contributed by atoms with Crippen molar-refractivity contribution in [3.63, 3.8) is 0 Å². The Hall–Kier alpha value is -0.620. The summed E-state index contributed by atoms with van der Waals surface area (Å²) >= 11 is 3.16. The number of rotatable bonds is 3. The van der Waals surface area contributed by atoms with Gasteiger partial charge in [0.05, 0.1) is 0 Å². The zero-order chi connectivity index (χ0) is 8.27. The molecule has 3 N–H and O–H groups in total. The van der Waals surface area contributed by atoms with E-state index in [4.69, 9.17) is 5.73 Å². The minimum atomic E-state index is 0.583. The molecule has 0 aliphatic heterocycles. The molecule has 0 saturated carbocycles. The molecule has 1 heterocycles. The molecule has 0 aliphatic rings. The second kappa shape index (κ2) is 3.68. The third-order valence-corrected chi connectivity index (χ3v) is 1.50. The number of nitrogens with two attached hydrogens (primary N) is 1. The van der Waals surface area contributed by atoms with Gasteiger partial charge in [0.2, 0.25) is 10.7 Å². The molecule has 0 saturated heterocycles. The van der Waals surface area contributed by atoms with Crippen molar-refractivity contribution in [3.8, 4) is 0 Å². The standard InChI is InChI=1S/C5H10BrN5/c1-11-5(8-3-2-7)9-4(6)10-11/h2-3,7H2,1H3,(H,8,9,10). The summed E-state index contributed by atoms with van der Waals surface area (Å²) in [5, 5.41) is 7.00. The second-order valence-corrected chi connectivity index (χ2v) is 2.75. The maximum atomic E-state index is 5.30. The van der Waals surface area contributed by atoms with Gasteiger partial charge in [-0.2, -0.15) is 4.98 Å². The lowest BCUT2D eigenvalue weighted by atomic mass is 10.6. The van der Waals surface area contributed by atoms with Crippen molar-refractivity contribution in [1.82, 2.24) is 14.8 Å². The van der Waals surface area contributed by atoms with E-state index in [0.29, 0.717) is 17.8 Å². The zero-order valence-electron chi connectivity index (χ0n) is 6.21. The summed E-state index contributed by atoms with van der Waals surface area (Å²) in [5.74, 6) is 0.724. The molecular formula is C5H10BrN5. The SMILES string of the molecule is Cn1nc(Br)nc1NCCN. The molecule has 0 aromatic carbocycles. The van der Waals surface area contributed by atoms with Crippen LogP contribution < -0.4 is 11.1 Å². The van der Waals surface area contributed by atoms with E-state index < -0.39 is 0 Å². The molecule has 0 radical (unpaired) electrons. The van der Waals surface area contributed by atoms with Crippen LogP contribution >= 0.6 is 15.9 Å². The number of halogens is 1. The molecular weight excluding hydrogens is 210 g/mol. The Labute approximate surface area is 73.1 Å². The molecule has 5 nitrogen and oxygen atoms in total. The van der Waals surface area contributed by atoms with Gasteiger partial charge in [-0.1, -0.05) is 0 Å². The molecule has 0 amide bonds. The average Bonchev–Trinajstić information content (AvgIpc) is 2.26. The number of nitrogens with zero attached hydrogens (tertiary/aromatic N) is 3. The van der Waals surface area contributed by atoms with Crippen molar-refractivity contribution in [2.24, 2.45) is 12.8 Å². The fourth-order valence-corrected chi connectivity index (χ4v) is 1.10. The summed E-state index contributed by atoms with van der Waals surface area (Å²) in [6.07, 6.45) is 0. The Morgan fingerprint density at radius 1 is 1.73 bits per heavy atom. The molecule has 1 aromatic heterocycles. The van der Waals surface area contributed by atoms with Crippen molar-refractivity contribution in [3.05, 3.63) is 4.73 Å². The van der Waals surface area contributed by atoms with Crippen LogP contribution in [0.15, 0.2) is 4.73 Å². The largest absolute Gasteiger partial charge is 0.353 e. The summed E-state index contributed by atoms with van der Waals surface area (Å²) in [6.45, 7) is 1.30. The van der Waals surface area contributed by atoms with Crippen molar-refractivity contribution in [2.75, 3.05) is 18.4 Å². The maximum absolute atomic E-state index is 5.30. The lowest BCUT2D eigenvalue weighted by molar-refractivity contribution is 0.761. The van der Waals surface area contributed by atoms with E-state index in [2.05, 4.69) is 31.3 Å². The zero-order valence-corrected chi connectivity index (χ0v) is 7.80. The smallest absolute Gasteiger partial charge is 0.221 e. The van der Waals surface area contributed by atoms with Crippen molar-refractivity contribution in [1.29, 1.82) is 0 Å². The predicted octanol–water partition coefficient (Wildman–Crippen LogP) is -0.0518. The molecule has 6 heteroatoms. The minimum Gasteiger partial charge on any atom is -0.353 e. The highest BCUT2D eigenvalue weighted by molar-refractivity contribution is 9.10. The number of hydrogen-bond donors (Lipinski definition) is 2. The van der Waals surface area contributed by atoms with Crippen LogP contribution in [0.1, 0.15) is 0 Å². The van der Waals surface area contributed by atoms with Gasteiger partial charge in [-0.15, -0.1) is 5.10 Å². The van der Waals surface area contributed by atoms with Crippen molar-refractivity contribution < 1.29 is 0 Å². The predicted molar refractivity (Wildman–Crippen MR) is 46.2 cm³/mol. The molecule has 0 fully saturated rings. The fourth-order valence-electron chi connectivity index (χ4n) is 0.691. The summed E-state index contributed by atoms with van der Waals surface area (Å²) in [6, 6.07) is 0. The van der Waals surface area contributed by atoms with Crippen molar-refractivity contribution in [2.45, 2.75) is 0 Å². The highest BCUT2D eigenvalue weighted by Gasteiger charge is 2.01. The van der Waals surface area contributed by atoms with Gasteiger partial charge in [0.1, 0.15) is 0 Å². The Morgan fingerprint density at radius 3 is 2.91 bits per heavy atom. The number of aromatic nitrogens is 3. The van der Waals surface area contributed by atoms with Gasteiger partial charge in [0.25, 0.3) is 0 Å². The molecule has 11 heavy (non-hydrogen) atoms. The Kier molecular flexibility index (Phi) is 2.84. The first-order valence-corrected chi connectivity index (χ1v) is 4.04. The number of anilines is 1. The molecule has 0 atom stereocenters. The minimum absolute atomic E-state index is 0.583. The number of hydrogen-bond acceptors (Lipinski definition) is 4. The lowest BCUT2D eigenvalue weighted by Crippen LogP contribution is -2.15. The lowest BCUT2D eigenvalue weighted by Gasteiger charge is -2.00. The van der Waals surface area contributed by atoms with Crippen LogP contribution in [0.25, 0.3) is 0 Å². The summed E-state index contributed by atoms with van der Waals surface area (Å²) in [5.41, 5.74) is 5.30. The summed E-state index contributed by atoms with van der Waals surface area (Å²) in [7, 11) is 1.82. The Balaban J connectivity index is 2.62. The number of aryl methyl sites for hydroxylation is 1. The van der Waals surface area contributed by atoms with Crippen LogP contribution in [0.5, 0.6) is 0 Å². The van der Waals surface area contributed by atoms with Gasteiger partial charge in [-0.3, -0.25) is 0 Å². The molecule has 62 valence electrons. The van der Waals surface area contributed by atoms with Crippen LogP contribution in [-0.4, -0.2) is 27.9 Å². The van der Waals surface area contributed by atoms with E-state index >= 15 is 0 Å². The van der Waals surface area contributed by atoms with Gasteiger partial charge >= 0.3 is 0 Å². The van der Waals surface area contributed by atoms with Gasteiger partial charge in [-0.05, 0) is 15.9 Å². The summed E-state index contributed by atoms with van der Waals surface area (Å²) in [4.78, 5) is 4.05. The molecule has 0 bridgehead atoms. The monoisotopic (exact) mass is 219 g/mol. The van der Waals surface area contributed by atoms with Gasteiger partial charge in [0.15, 0.2) is 0 Å². The van der Waals surface area contributed by atoms with Crippen LogP contribution in [0.4, 0.5) is 5.95 Å². The van der Waals surface area contributed by atoms with Gasteiger partial charge in [-0.25, -0.2) is 4.68 Å².